The highest BCUT2D eigenvalue weighted by atomic mass is 35.5. The number of aliphatic hydroxyl groups excluding tert-OH is 1. The highest BCUT2D eigenvalue weighted by Gasteiger charge is 2.32. The van der Waals surface area contributed by atoms with Gasteiger partial charge in [0.1, 0.15) is 6.07 Å². The smallest absolute Gasteiger partial charge is 0.317 e. The maximum absolute atomic E-state index is 12.8. The molecule has 4 N–H and O–H groups in total. The summed E-state index contributed by atoms with van der Waals surface area (Å²) in [6.07, 6.45) is 3.15. The second kappa shape index (κ2) is 11.5. The Morgan fingerprint density at radius 1 is 1.12 bits per heavy atom. The molecule has 3 aromatic rings. The quantitative estimate of drug-likeness (QED) is 0.329. The highest BCUT2D eigenvalue weighted by Crippen LogP contribution is 2.37. The number of carbonyl (C=O) groups excluding carboxylic acids is 1. The molecule has 0 radical (unpaired) electrons. The summed E-state index contributed by atoms with van der Waals surface area (Å²) in [4.78, 5) is 27.5. The van der Waals surface area contributed by atoms with Crippen LogP contribution in [-0.2, 0) is 0 Å². The van der Waals surface area contributed by atoms with Gasteiger partial charge in [-0.3, -0.25) is 0 Å². The van der Waals surface area contributed by atoms with E-state index in [9.17, 15) is 20.4 Å². The van der Waals surface area contributed by atoms with Gasteiger partial charge in [0.05, 0.1) is 46.4 Å². The number of carbonyl (C=O) groups is 1. The summed E-state index contributed by atoms with van der Waals surface area (Å²) in [5, 5.41) is 44.5. The van der Waals surface area contributed by atoms with Crippen molar-refractivity contribution in [2.24, 2.45) is 0 Å². The molecule has 2 atom stereocenters. The van der Waals surface area contributed by atoms with Crippen molar-refractivity contribution in [1.82, 2.24) is 34.7 Å². The number of benzene rings is 1. The number of nitrogens with zero attached hydrogens (tertiary/aromatic N) is 9. The van der Waals surface area contributed by atoms with E-state index in [1.165, 1.54) is 10.7 Å². The second-order valence-corrected chi connectivity index (χ2v) is 11.3. The Balaban J connectivity index is 1.21. The van der Waals surface area contributed by atoms with Gasteiger partial charge in [0.2, 0.25) is 5.95 Å². The third-order valence-electron chi connectivity index (χ3n) is 7.85. The number of β-amino-alcohol motifs (C(OH)–C–C–N with tert-alkyl or cyclic N) is 1. The molecule has 3 aliphatic rings. The molecule has 4 heterocycles. The van der Waals surface area contributed by atoms with Gasteiger partial charge in [0.15, 0.2) is 17.2 Å². The minimum absolute atomic E-state index is 0.165. The van der Waals surface area contributed by atoms with Gasteiger partial charge >= 0.3 is 6.03 Å². The summed E-state index contributed by atoms with van der Waals surface area (Å²) in [5.41, 5.74) is 2.02. The molecule has 6 rings (SSSR count). The molecule has 2 saturated heterocycles. The number of piperidine rings is 1. The van der Waals surface area contributed by atoms with Crippen LogP contribution in [-0.4, -0.2) is 105 Å². The van der Waals surface area contributed by atoms with Gasteiger partial charge in [-0.1, -0.05) is 11.6 Å². The number of imidazole rings is 1. The van der Waals surface area contributed by atoms with Gasteiger partial charge in [0.25, 0.3) is 0 Å². The lowest BCUT2D eigenvalue weighted by atomic mass is 10.0. The normalized spacial score (nSPS) is 21.1. The molecule has 3 fully saturated rings. The van der Waals surface area contributed by atoms with Crippen molar-refractivity contribution in [3.63, 3.8) is 0 Å². The van der Waals surface area contributed by atoms with Crippen molar-refractivity contribution in [3.8, 4) is 12.1 Å². The van der Waals surface area contributed by atoms with E-state index in [1.807, 2.05) is 11.9 Å². The number of urea groups is 1. The van der Waals surface area contributed by atoms with Crippen molar-refractivity contribution in [3.05, 3.63) is 34.6 Å². The predicted octanol–water partition coefficient (Wildman–Crippen LogP) is 1.74. The van der Waals surface area contributed by atoms with Gasteiger partial charge in [-0.05, 0) is 38.4 Å². The third-order valence-corrected chi connectivity index (χ3v) is 8.24. The first-order valence-corrected chi connectivity index (χ1v) is 14.3. The molecule has 1 saturated carbocycles. The van der Waals surface area contributed by atoms with Crippen LogP contribution in [0.4, 0.5) is 27.9 Å². The van der Waals surface area contributed by atoms with Gasteiger partial charge in [-0.15, -0.1) is 5.10 Å². The zero-order valence-electron chi connectivity index (χ0n) is 23.1. The van der Waals surface area contributed by atoms with E-state index in [4.69, 9.17) is 11.6 Å². The van der Waals surface area contributed by atoms with Crippen LogP contribution in [0.3, 0.4) is 0 Å². The van der Waals surface area contributed by atoms with Crippen LogP contribution in [0.1, 0.15) is 30.5 Å². The van der Waals surface area contributed by atoms with E-state index < -0.39 is 12.1 Å². The third kappa shape index (κ3) is 5.69. The molecule has 1 aliphatic carbocycles. The van der Waals surface area contributed by atoms with Crippen molar-refractivity contribution in [2.75, 3.05) is 61.8 Å². The lowest BCUT2D eigenvalue weighted by Crippen LogP contribution is -2.58. The molecule has 218 valence electrons. The number of amides is 2. The second-order valence-electron chi connectivity index (χ2n) is 10.9. The topological polar surface area (TPSA) is 174 Å². The number of piperazine rings is 1. The molecule has 2 aliphatic heterocycles. The minimum atomic E-state index is -0.833. The molecule has 42 heavy (non-hydrogen) atoms. The first kappa shape index (κ1) is 27.8. The first-order chi connectivity index (χ1) is 20.3. The number of fused-ring (bicyclic) bond motifs is 1. The predicted molar refractivity (Wildman–Crippen MR) is 156 cm³/mol. The molecule has 2 unspecified atom stereocenters. The average molecular weight is 591 g/mol. The average Bonchev–Trinajstić information content (AvgIpc) is 3.71. The van der Waals surface area contributed by atoms with Crippen molar-refractivity contribution < 1.29 is 9.90 Å². The van der Waals surface area contributed by atoms with E-state index in [0.717, 1.165) is 25.9 Å². The lowest BCUT2D eigenvalue weighted by molar-refractivity contribution is 0.104. The van der Waals surface area contributed by atoms with E-state index in [0.29, 0.717) is 59.5 Å². The Kier molecular flexibility index (Phi) is 7.60. The Hall–Kier alpha value is -4.37. The summed E-state index contributed by atoms with van der Waals surface area (Å²) in [7, 11) is 2.03. The van der Waals surface area contributed by atoms with Gasteiger partial charge in [0, 0.05) is 45.3 Å². The van der Waals surface area contributed by atoms with Crippen LogP contribution in [0.5, 0.6) is 0 Å². The molecule has 0 spiro atoms. The zero-order valence-corrected chi connectivity index (χ0v) is 23.8. The van der Waals surface area contributed by atoms with Gasteiger partial charge in [-0.2, -0.15) is 20.0 Å². The molecule has 14 nitrogen and oxygen atoms in total. The molecule has 2 aromatic heterocycles. The fourth-order valence-electron chi connectivity index (χ4n) is 5.22. The molecule has 2 amide bonds. The van der Waals surface area contributed by atoms with E-state index in [-0.39, 0.29) is 30.3 Å². The van der Waals surface area contributed by atoms with Crippen LogP contribution in [0.2, 0.25) is 5.02 Å². The van der Waals surface area contributed by atoms with Gasteiger partial charge in [-0.25, -0.2) is 9.78 Å². The van der Waals surface area contributed by atoms with Crippen molar-refractivity contribution in [2.45, 2.75) is 37.5 Å². The van der Waals surface area contributed by atoms with Crippen LogP contribution >= 0.6 is 11.6 Å². The number of halogens is 1. The molecular weight excluding hydrogens is 560 g/mol. The lowest BCUT2D eigenvalue weighted by Gasteiger charge is -2.39. The standard InChI is InChI=1S/C27H31ClN12O2/c1-37-6-8-38(9-7-37)27(42)34-19-4-5-39(15-22(19)41)21-11-16(12-29)10-20(23(21)28)33-26-35-24(32-17-2-3-17)25-31-14-18(13-30)40(25)36-26/h10-11,14,17,19,22,41H,2-9,15H2,1H3,(H,34,42)(H2,32,33,35,36). The van der Waals surface area contributed by atoms with Crippen LogP contribution in [0.25, 0.3) is 5.65 Å². The number of aliphatic hydroxyl groups is 1. The molecular formula is C27H31ClN12O2. The van der Waals surface area contributed by atoms with E-state index in [1.54, 1.807) is 17.0 Å². The fourth-order valence-corrected chi connectivity index (χ4v) is 5.50. The molecule has 0 bridgehead atoms. The molecule has 1 aromatic carbocycles. The van der Waals surface area contributed by atoms with Crippen LogP contribution in [0, 0.1) is 22.7 Å². The Morgan fingerprint density at radius 2 is 1.90 bits per heavy atom. The number of nitriles is 2. The SMILES string of the molecule is CN1CCN(C(=O)NC2CCN(c3cc(C#N)cc(Nc4nc(NC5CC5)c5ncc(C#N)n5n4)c3Cl)CC2O)CC1. The summed E-state index contributed by atoms with van der Waals surface area (Å²) in [6, 6.07) is 7.26. The maximum atomic E-state index is 12.8. The fraction of sp³-hybridized carbons (Fsp3) is 0.481. The summed E-state index contributed by atoms with van der Waals surface area (Å²) < 4.78 is 1.42. The Morgan fingerprint density at radius 3 is 2.60 bits per heavy atom. The van der Waals surface area contributed by atoms with Crippen LogP contribution in [0.15, 0.2) is 18.3 Å². The Bertz CT molecular complexity index is 1580. The van der Waals surface area contributed by atoms with Crippen molar-refractivity contribution in [1.29, 1.82) is 10.5 Å². The monoisotopic (exact) mass is 590 g/mol. The first-order valence-electron chi connectivity index (χ1n) is 13.9. The number of rotatable bonds is 6. The van der Waals surface area contributed by atoms with Gasteiger partial charge < -0.3 is 35.8 Å². The minimum Gasteiger partial charge on any atom is -0.389 e. The maximum Gasteiger partial charge on any atom is 0.317 e. The van der Waals surface area contributed by atoms with E-state index in [2.05, 4.69) is 48.1 Å². The number of likely N-dealkylation sites (N-methyl/N-ethyl adjacent to an activating group) is 1. The number of aromatic nitrogens is 4. The van der Waals surface area contributed by atoms with Crippen LogP contribution < -0.4 is 20.9 Å². The van der Waals surface area contributed by atoms with Crippen molar-refractivity contribution >= 4 is 46.4 Å². The number of hydrogen-bond donors (Lipinski definition) is 4. The largest absolute Gasteiger partial charge is 0.389 e. The zero-order chi connectivity index (χ0) is 29.4. The highest BCUT2D eigenvalue weighted by molar-refractivity contribution is 6.36. The summed E-state index contributed by atoms with van der Waals surface area (Å²) >= 11 is 6.87. The number of anilines is 4. The number of hydrogen-bond acceptors (Lipinski definition) is 11. The molecule has 15 heteroatoms. The number of nitrogens with one attached hydrogen (secondary N) is 3. The summed E-state index contributed by atoms with van der Waals surface area (Å²) in [6.45, 7) is 3.67. The Labute approximate surface area is 247 Å². The summed E-state index contributed by atoms with van der Waals surface area (Å²) in [5.74, 6) is 0.668. The van der Waals surface area contributed by atoms with E-state index >= 15 is 0 Å².